The topological polar surface area (TPSA) is 76.4 Å². The maximum Gasteiger partial charge on any atom is 0.227 e. The lowest BCUT2D eigenvalue weighted by molar-refractivity contribution is -0.118. The first-order valence-corrected chi connectivity index (χ1v) is 6.73. The van der Waals surface area contributed by atoms with E-state index >= 15 is 0 Å². The van der Waals surface area contributed by atoms with E-state index in [0.717, 1.165) is 5.56 Å². The third-order valence-corrected chi connectivity index (χ3v) is 3.00. The van der Waals surface area contributed by atoms with Gasteiger partial charge in [0, 0.05) is 13.3 Å². The molecular weight excluding hydrogens is 270 g/mol. The quantitative estimate of drug-likeness (QED) is 0.811. The number of aliphatic hydroxyl groups excluding tert-OH is 1. The average molecular weight is 289 g/mol. The summed E-state index contributed by atoms with van der Waals surface area (Å²) in [6.45, 7) is 1.18. The van der Waals surface area contributed by atoms with Crippen molar-refractivity contribution in [1.82, 2.24) is 9.78 Å². The van der Waals surface area contributed by atoms with E-state index < -0.39 is 6.10 Å². The van der Waals surface area contributed by atoms with Gasteiger partial charge in [-0.05, 0) is 5.56 Å². The molecule has 2 N–H and O–H groups in total. The van der Waals surface area contributed by atoms with Crippen LogP contribution in [0.4, 0.5) is 5.69 Å². The molecule has 1 unspecified atom stereocenters. The van der Waals surface area contributed by atoms with Crippen LogP contribution in [0.15, 0.2) is 42.7 Å². The number of amides is 1. The molecule has 6 heteroatoms. The molecule has 1 aromatic carbocycles. The fourth-order valence-electron chi connectivity index (χ4n) is 1.92. The molecule has 2 aromatic rings. The molecule has 1 heterocycles. The molecule has 0 fully saturated rings. The van der Waals surface area contributed by atoms with Crippen molar-refractivity contribution in [2.75, 3.05) is 19.0 Å². The van der Waals surface area contributed by atoms with E-state index in [1.165, 1.54) is 0 Å². The van der Waals surface area contributed by atoms with Gasteiger partial charge in [0.25, 0.3) is 0 Å². The molecule has 0 aliphatic rings. The highest BCUT2D eigenvalue weighted by Crippen LogP contribution is 2.17. The monoisotopic (exact) mass is 289 g/mol. The highest BCUT2D eigenvalue weighted by atomic mass is 16.5. The van der Waals surface area contributed by atoms with Gasteiger partial charge in [0.2, 0.25) is 5.91 Å². The Morgan fingerprint density at radius 3 is 2.90 bits per heavy atom. The van der Waals surface area contributed by atoms with Crippen LogP contribution < -0.4 is 5.32 Å². The Morgan fingerprint density at radius 2 is 2.19 bits per heavy atom. The van der Waals surface area contributed by atoms with Crippen molar-refractivity contribution in [3.05, 3.63) is 48.3 Å². The summed E-state index contributed by atoms with van der Waals surface area (Å²) in [6.07, 6.45) is 2.50. The van der Waals surface area contributed by atoms with E-state index in [2.05, 4.69) is 10.4 Å². The number of hydrogen-bond donors (Lipinski definition) is 2. The Balaban J connectivity index is 1.85. The molecule has 0 radical (unpaired) electrons. The summed E-state index contributed by atoms with van der Waals surface area (Å²) in [5.74, 6) is -0.252. The molecule has 0 aliphatic carbocycles. The van der Waals surface area contributed by atoms with Crippen molar-refractivity contribution in [3.63, 3.8) is 0 Å². The SMILES string of the molecule is COCCn1cc(NC(=O)CC(O)c2ccccc2)cn1. The molecule has 112 valence electrons. The Morgan fingerprint density at radius 1 is 1.43 bits per heavy atom. The first-order valence-electron chi connectivity index (χ1n) is 6.73. The van der Waals surface area contributed by atoms with E-state index in [4.69, 9.17) is 4.74 Å². The van der Waals surface area contributed by atoms with Crippen LogP contribution in [-0.2, 0) is 16.1 Å². The second-order valence-corrected chi connectivity index (χ2v) is 4.66. The number of methoxy groups -OCH3 is 1. The summed E-state index contributed by atoms with van der Waals surface area (Å²) in [5, 5.41) is 16.8. The molecule has 0 saturated carbocycles. The number of rotatable bonds is 7. The summed E-state index contributed by atoms with van der Waals surface area (Å²) in [6, 6.07) is 9.11. The largest absolute Gasteiger partial charge is 0.388 e. The highest BCUT2D eigenvalue weighted by Gasteiger charge is 2.13. The first kappa shape index (κ1) is 15.2. The maximum atomic E-state index is 11.9. The Bertz CT molecular complexity index is 569. The van der Waals surface area contributed by atoms with Crippen LogP contribution in [0.3, 0.4) is 0 Å². The zero-order chi connectivity index (χ0) is 15.1. The van der Waals surface area contributed by atoms with Crippen molar-refractivity contribution in [3.8, 4) is 0 Å². The van der Waals surface area contributed by atoms with Crippen LogP contribution in [-0.4, -0.2) is 34.5 Å². The number of benzene rings is 1. The summed E-state index contributed by atoms with van der Waals surface area (Å²) in [7, 11) is 1.62. The van der Waals surface area contributed by atoms with E-state index in [1.54, 1.807) is 36.3 Å². The molecule has 0 bridgehead atoms. The smallest absolute Gasteiger partial charge is 0.227 e. The Kier molecular flexibility index (Phi) is 5.48. The molecular formula is C15H19N3O3. The molecule has 1 amide bonds. The van der Waals surface area contributed by atoms with Gasteiger partial charge in [-0.1, -0.05) is 30.3 Å². The molecule has 0 spiro atoms. The number of hydrogen-bond acceptors (Lipinski definition) is 4. The normalized spacial score (nSPS) is 12.1. The number of nitrogens with one attached hydrogen (secondary N) is 1. The van der Waals surface area contributed by atoms with Crippen LogP contribution in [0.25, 0.3) is 0 Å². The summed E-state index contributed by atoms with van der Waals surface area (Å²) in [4.78, 5) is 11.9. The van der Waals surface area contributed by atoms with Gasteiger partial charge < -0.3 is 15.2 Å². The molecule has 0 saturated heterocycles. The van der Waals surface area contributed by atoms with Crippen LogP contribution in [0.5, 0.6) is 0 Å². The van der Waals surface area contributed by atoms with Gasteiger partial charge in [-0.15, -0.1) is 0 Å². The van der Waals surface area contributed by atoms with Crippen molar-refractivity contribution in [1.29, 1.82) is 0 Å². The summed E-state index contributed by atoms with van der Waals surface area (Å²) >= 11 is 0. The maximum absolute atomic E-state index is 11.9. The average Bonchev–Trinajstić information content (AvgIpc) is 2.93. The predicted octanol–water partition coefficient (Wildman–Crippen LogP) is 1.59. The van der Waals surface area contributed by atoms with E-state index in [-0.39, 0.29) is 12.3 Å². The van der Waals surface area contributed by atoms with Gasteiger partial charge in [-0.3, -0.25) is 9.48 Å². The molecule has 6 nitrogen and oxygen atoms in total. The van der Waals surface area contributed by atoms with Crippen molar-refractivity contribution in [2.45, 2.75) is 19.1 Å². The minimum atomic E-state index is -0.810. The van der Waals surface area contributed by atoms with Crippen molar-refractivity contribution >= 4 is 11.6 Å². The van der Waals surface area contributed by atoms with Gasteiger partial charge in [-0.2, -0.15) is 5.10 Å². The van der Waals surface area contributed by atoms with E-state index in [0.29, 0.717) is 18.8 Å². The molecule has 2 rings (SSSR count). The van der Waals surface area contributed by atoms with Crippen LogP contribution in [0, 0.1) is 0 Å². The van der Waals surface area contributed by atoms with Gasteiger partial charge in [0.05, 0.1) is 37.6 Å². The zero-order valence-corrected chi connectivity index (χ0v) is 11.9. The van der Waals surface area contributed by atoms with Crippen LogP contribution >= 0.6 is 0 Å². The van der Waals surface area contributed by atoms with Gasteiger partial charge in [-0.25, -0.2) is 0 Å². The number of carbonyl (C=O) groups excluding carboxylic acids is 1. The lowest BCUT2D eigenvalue weighted by Crippen LogP contribution is -2.15. The summed E-state index contributed by atoms with van der Waals surface area (Å²) < 4.78 is 6.64. The second kappa shape index (κ2) is 7.56. The lowest BCUT2D eigenvalue weighted by atomic mass is 10.1. The van der Waals surface area contributed by atoms with Crippen LogP contribution in [0.1, 0.15) is 18.1 Å². The van der Waals surface area contributed by atoms with Crippen LogP contribution in [0.2, 0.25) is 0 Å². The lowest BCUT2D eigenvalue weighted by Gasteiger charge is -2.10. The molecule has 21 heavy (non-hydrogen) atoms. The fraction of sp³-hybridized carbons (Fsp3) is 0.333. The number of ether oxygens (including phenoxy) is 1. The van der Waals surface area contributed by atoms with Gasteiger partial charge in [0.1, 0.15) is 0 Å². The molecule has 1 atom stereocenters. The summed E-state index contributed by atoms with van der Waals surface area (Å²) in [5.41, 5.74) is 1.33. The highest BCUT2D eigenvalue weighted by molar-refractivity contribution is 5.90. The third kappa shape index (κ3) is 4.70. The molecule has 0 aliphatic heterocycles. The van der Waals surface area contributed by atoms with Gasteiger partial charge in [0.15, 0.2) is 0 Å². The number of carbonyl (C=O) groups is 1. The fourth-order valence-corrected chi connectivity index (χ4v) is 1.92. The van der Waals surface area contributed by atoms with E-state index in [1.807, 2.05) is 18.2 Å². The minimum Gasteiger partial charge on any atom is -0.388 e. The predicted molar refractivity (Wildman–Crippen MR) is 78.8 cm³/mol. The zero-order valence-electron chi connectivity index (χ0n) is 11.9. The number of aliphatic hydroxyl groups is 1. The Labute approximate surface area is 123 Å². The standard InChI is InChI=1S/C15H19N3O3/c1-21-8-7-18-11-13(10-16-18)17-15(20)9-14(19)12-5-3-2-4-6-12/h2-6,10-11,14,19H,7-9H2,1H3,(H,17,20). The number of anilines is 1. The van der Waals surface area contributed by atoms with Gasteiger partial charge >= 0.3 is 0 Å². The number of nitrogens with zero attached hydrogens (tertiary/aromatic N) is 2. The minimum absolute atomic E-state index is 0.00721. The first-order chi connectivity index (χ1) is 10.2. The Hall–Kier alpha value is -2.18. The number of aromatic nitrogens is 2. The van der Waals surface area contributed by atoms with E-state index in [9.17, 15) is 9.90 Å². The second-order valence-electron chi connectivity index (χ2n) is 4.66. The third-order valence-electron chi connectivity index (χ3n) is 3.00. The molecule has 1 aromatic heterocycles. The van der Waals surface area contributed by atoms with Crippen molar-refractivity contribution in [2.24, 2.45) is 0 Å². The van der Waals surface area contributed by atoms with Crippen molar-refractivity contribution < 1.29 is 14.6 Å².